The number of ether oxygens (including phenoxy) is 2. The Balaban J connectivity index is 1.87. The zero-order chi connectivity index (χ0) is 20.3. The minimum atomic E-state index is -0.435. The van der Waals surface area contributed by atoms with E-state index in [1.165, 1.54) is 30.7 Å². The van der Waals surface area contributed by atoms with Gasteiger partial charge in [-0.25, -0.2) is 4.99 Å². The molecule has 0 bridgehead atoms. The van der Waals surface area contributed by atoms with E-state index < -0.39 is 5.97 Å². The predicted octanol–water partition coefficient (Wildman–Crippen LogP) is 4.51. The molecule has 2 aromatic carbocycles. The number of rotatable bonds is 4. The first-order chi connectivity index (χ1) is 13.4. The number of halogens is 1. The fourth-order valence-corrected chi connectivity index (χ4v) is 3.56. The second kappa shape index (κ2) is 8.50. The highest BCUT2D eigenvalue weighted by molar-refractivity contribution is 8.18. The van der Waals surface area contributed by atoms with Crippen molar-refractivity contribution >= 4 is 52.2 Å². The van der Waals surface area contributed by atoms with Crippen LogP contribution in [0.2, 0.25) is 5.02 Å². The van der Waals surface area contributed by atoms with Gasteiger partial charge in [-0.3, -0.25) is 14.5 Å². The Bertz CT molecular complexity index is 986. The molecule has 0 N–H and O–H groups in total. The van der Waals surface area contributed by atoms with E-state index in [9.17, 15) is 9.59 Å². The van der Waals surface area contributed by atoms with E-state index in [0.29, 0.717) is 32.3 Å². The summed E-state index contributed by atoms with van der Waals surface area (Å²) in [6.07, 6.45) is 1.74. The number of carbonyl (C=O) groups excluding carboxylic acids is 2. The minimum absolute atomic E-state index is 0.152. The van der Waals surface area contributed by atoms with Gasteiger partial charge in [-0.2, -0.15) is 0 Å². The normalized spacial score (nSPS) is 16.7. The summed E-state index contributed by atoms with van der Waals surface area (Å²) in [6.45, 7) is 1.32. The topological polar surface area (TPSA) is 68.2 Å². The molecule has 28 heavy (non-hydrogen) atoms. The largest absolute Gasteiger partial charge is 0.493 e. The maximum absolute atomic E-state index is 12.6. The van der Waals surface area contributed by atoms with Crippen LogP contribution in [0.3, 0.4) is 0 Å². The van der Waals surface area contributed by atoms with Gasteiger partial charge in [0.1, 0.15) is 0 Å². The fraction of sp³-hybridized carbons (Fsp3) is 0.150. The molecule has 0 radical (unpaired) electrons. The third-order valence-electron chi connectivity index (χ3n) is 3.79. The highest BCUT2D eigenvalue weighted by Crippen LogP contribution is 2.35. The van der Waals surface area contributed by atoms with Crippen LogP contribution in [0.1, 0.15) is 12.5 Å². The van der Waals surface area contributed by atoms with Gasteiger partial charge in [-0.1, -0.05) is 17.7 Å². The van der Waals surface area contributed by atoms with E-state index in [-0.39, 0.29) is 5.91 Å². The van der Waals surface area contributed by atoms with Crippen LogP contribution < -0.4 is 9.47 Å². The summed E-state index contributed by atoms with van der Waals surface area (Å²) in [5.41, 5.74) is 1.45. The summed E-state index contributed by atoms with van der Waals surface area (Å²) in [6, 6.07) is 12.1. The van der Waals surface area contributed by atoms with Crippen molar-refractivity contribution in [2.45, 2.75) is 6.92 Å². The second-order valence-corrected chi connectivity index (χ2v) is 7.30. The Morgan fingerprint density at radius 1 is 1.18 bits per heavy atom. The number of carbonyl (C=O) groups is 2. The number of likely N-dealkylation sites (N-methyl/N-ethyl adjacent to an activating group) is 1. The molecule has 0 spiro atoms. The van der Waals surface area contributed by atoms with Crippen LogP contribution in [0.4, 0.5) is 5.69 Å². The number of aliphatic imine (C=N–C) groups is 1. The van der Waals surface area contributed by atoms with Gasteiger partial charge in [-0.05, 0) is 59.8 Å². The summed E-state index contributed by atoms with van der Waals surface area (Å²) in [5, 5.41) is 1.20. The summed E-state index contributed by atoms with van der Waals surface area (Å²) < 4.78 is 10.4. The number of esters is 1. The number of thioether (sulfide) groups is 1. The van der Waals surface area contributed by atoms with Gasteiger partial charge in [0.05, 0.1) is 17.7 Å². The van der Waals surface area contributed by atoms with Gasteiger partial charge in [0.15, 0.2) is 16.7 Å². The molecular formula is C20H17ClN2O4S. The van der Waals surface area contributed by atoms with Crippen LogP contribution in [0.15, 0.2) is 52.4 Å². The average Bonchev–Trinajstić information content (AvgIpc) is 2.92. The van der Waals surface area contributed by atoms with E-state index >= 15 is 0 Å². The summed E-state index contributed by atoms with van der Waals surface area (Å²) in [4.78, 5) is 30.3. The quantitative estimate of drug-likeness (QED) is 0.416. The molecule has 0 saturated carbocycles. The number of amides is 1. The third kappa shape index (κ3) is 4.55. The van der Waals surface area contributed by atoms with Crippen molar-refractivity contribution in [3.63, 3.8) is 0 Å². The lowest BCUT2D eigenvalue weighted by molar-refractivity contribution is -0.132. The molecular weight excluding hydrogens is 400 g/mol. The summed E-state index contributed by atoms with van der Waals surface area (Å²) in [5.74, 6) is 0.143. The molecule has 1 heterocycles. The first-order valence-electron chi connectivity index (χ1n) is 8.25. The number of nitrogens with zero attached hydrogens (tertiary/aromatic N) is 2. The molecule has 0 aromatic heterocycles. The van der Waals surface area contributed by atoms with E-state index in [2.05, 4.69) is 4.99 Å². The van der Waals surface area contributed by atoms with Crippen LogP contribution in [-0.4, -0.2) is 36.1 Å². The first-order valence-corrected chi connectivity index (χ1v) is 9.45. The smallest absolute Gasteiger partial charge is 0.308 e. The molecule has 0 atom stereocenters. The lowest BCUT2D eigenvalue weighted by atomic mass is 10.2. The molecule has 1 saturated heterocycles. The molecule has 1 aliphatic heterocycles. The number of amidine groups is 1. The van der Waals surface area contributed by atoms with Crippen molar-refractivity contribution < 1.29 is 19.1 Å². The zero-order valence-electron chi connectivity index (χ0n) is 15.4. The molecule has 2 aromatic rings. The molecule has 1 aliphatic rings. The van der Waals surface area contributed by atoms with E-state index in [4.69, 9.17) is 21.1 Å². The predicted molar refractivity (Wildman–Crippen MR) is 111 cm³/mol. The second-order valence-electron chi connectivity index (χ2n) is 5.85. The minimum Gasteiger partial charge on any atom is -0.493 e. The zero-order valence-corrected chi connectivity index (χ0v) is 17.0. The molecule has 6 nitrogen and oxygen atoms in total. The van der Waals surface area contributed by atoms with Crippen molar-refractivity contribution in [1.29, 1.82) is 0 Å². The number of benzene rings is 2. The molecule has 0 aliphatic carbocycles. The van der Waals surface area contributed by atoms with Crippen molar-refractivity contribution in [2.24, 2.45) is 4.99 Å². The van der Waals surface area contributed by atoms with Gasteiger partial charge in [0.25, 0.3) is 5.91 Å². The SMILES string of the molecule is COc1cc(/C=C2\SC(=Nc3ccc(Cl)cc3)N(C)C2=O)ccc1OC(C)=O. The average molecular weight is 417 g/mol. The fourth-order valence-electron chi connectivity index (χ4n) is 2.44. The number of hydrogen-bond acceptors (Lipinski definition) is 6. The molecule has 1 amide bonds. The van der Waals surface area contributed by atoms with Crippen LogP contribution in [-0.2, 0) is 9.59 Å². The van der Waals surface area contributed by atoms with Gasteiger partial charge >= 0.3 is 5.97 Å². The van der Waals surface area contributed by atoms with Gasteiger partial charge in [0, 0.05) is 19.0 Å². The number of methoxy groups -OCH3 is 1. The van der Waals surface area contributed by atoms with E-state index in [0.717, 1.165) is 5.56 Å². The van der Waals surface area contributed by atoms with Crippen LogP contribution in [0.25, 0.3) is 6.08 Å². The van der Waals surface area contributed by atoms with Gasteiger partial charge < -0.3 is 9.47 Å². The van der Waals surface area contributed by atoms with E-state index in [1.54, 1.807) is 55.6 Å². The highest BCUT2D eigenvalue weighted by Gasteiger charge is 2.30. The van der Waals surface area contributed by atoms with Gasteiger partial charge in [0.2, 0.25) is 0 Å². The van der Waals surface area contributed by atoms with E-state index in [1.807, 2.05) is 0 Å². The molecule has 144 valence electrons. The lowest BCUT2D eigenvalue weighted by Crippen LogP contribution is -2.23. The Kier molecular flexibility index (Phi) is 6.06. The monoisotopic (exact) mass is 416 g/mol. The van der Waals surface area contributed by atoms with Gasteiger partial charge in [-0.15, -0.1) is 0 Å². The van der Waals surface area contributed by atoms with Crippen molar-refractivity contribution in [3.05, 3.63) is 58.0 Å². The molecule has 0 unspecified atom stereocenters. The van der Waals surface area contributed by atoms with Crippen molar-refractivity contribution in [3.8, 4) is 11.5 Å². The van der Waals surface area contributed by atoms with Crippen LogP contribution in [0, 0.1) is 0 Å². The first kappa shape index (κ1) is 20.0. The van der Waals surface area contributed by atoms with Crippen molar-refractivity contribution in [2.75, 3.05) is 14.2 Å². The van der Waals surface area contributed by atoms with Crippen LogP contribution >= 0.6 is 23.4 Å². The molecule has 3 rings (SSSR count). The Morgan fingerprint density at radius 2 is 1.89 bits per heavy atom. The Morgan fingerprint density at radius 3 is 2.54 bits per heavy atom. The maximum Gasteiger partial charge on any atom is 0.308 e. The highest BCUT2D eigenvalue weighted by atomic mass is 35.5. The Hall–Kier alpha value is -2.77. The van der Waals surface area contributed by atoms with Crippen molar-refractivity contribution in [1.82, 2.24) is 4.90 Å². The lowest BCUT2D eigenvalue weighted by Gasteiger charge is -2.08. The Labute approximate surface area is 171 Å². The standard InChI is InChI=1S/C20H17ClN2O4S/c1-12(24)27-16-9-4-13(10-17(16)26-3)11-18-19(25)23(2)20(28-18)22-15-7-5-14(21)6-8-15/h4-11H,1-3H3/b18-11-,22-20?. The molecule has 1 fully saturated rings. The number of hydrogen-bond donors (Lipinski definition) is 0. The third-order valence-corrected chi connectivity index (χ3v) is 5.11. The van der Waals surface area contributed by atoms with Crippen LogP contribution in [0.5, 0.6) is 11.5 Å². The summed E-state index contributed by atoms with van der Waals surface area (Å²) >= 11 is 7.17. The maximum atomic E-state index is 12.6. The summed E-state index contributed by atoms with van der Waals surface area (Å²) in [7, 11) is 3.16. The molecule has 8 heteroatoms.